The predicted molar refractivity (Wildman–Crippen MR) is 79.8 cm³/mol. The Bertz CT molecular complexity index is 672. The van der Waals surface area contributed by atoms with E-state index in [1.165, 1.54) is 4.90 Å². The lowest BCUT2D eigenvalue weighted by Gasteiger charge is -2.24. The Balaban J connectivity index is 2.41. The molecule has 0 unspecified atom stereocenters. The number of primary sulfonamides is 1. The molecule has 1 aromatic carbocycles. The van der Waals surface area contributed by atoms with Crippen molar-refractivity contribution >= 4 is 31.9 Å². The first-order valence-electron chi connectivity index (χ1n) is 6.51. The molecular weight excluding hydrogens is 363 g/mol. The van der Waals surface area contributed by atoms with Crippen LogP contribution in [0.2, 0.25) is 0 Å². The van der Waals surface area contributed by atoms with Crippen molar-refractivity contribution in [1.29, 1.82) is 0 Å². The fourth-order valence-corrected chi connectivity index (χ4v) is 4.16. The maximum atomic E-state index is 14.0. The molecule has 0 bridgehead atoms. The van der Waals surface area contributed by atoms with Gasteiger partial charge in [0.25, 0.3) is 5.91 Å². The van der Waals surface area contributed by atoms with Crippen LogP contribution in [-0.2, 0) is 10.0 Å². The molecule has 1 aliphatic rings. The summed E-state index contributed by atoms with van der Waals surface area (Å²) in [6.45, 7) is 0. The number of hydrogen-bond acceptors (Lipinski definition) is 3. The molecule has 1 aromatic rings. The van der Waals surface area contributed by atoms with Crippen LogP contribution < -0.4 is 5.14 Å². The number of sulfonamides is 1. The van der Waals surface area contributed by atoms with Crippen molar-refractivity contribution in [2.45, 2.75) is 36.6 Å². The van der Waals surface area contributed by atoms with Crippen LogP contribution in [0.15, 0.2) is 21.5 Å². The average Bonchev–Trinajstić information content (AvgIpc) is 2.89. The summed E-state index contributed by atoms with van der Waals surface area (Å²) in [5.41, 5.74) is -0.281. The Morgan fingerprint density at radius 1 is 1.38 bits per heavy atom. The van der Waals surface area contributed by atoms with Gasteiger partial charge >= 0.3 is 0 Å². The summed E-state index contributed by atoms with van der Waals surface area (Å²) in [5.74, 6) is -1.30. The number of rotatable bonds is 3. The van der Waals surface area contributed by atoms with Gasteiger partial charge in [-0.05, 0) is 40.9 Å². The molecule has 0 atom stereocenters. The number of hydrogen-bond donors (Lipinski definition) is 1. The quantitative estimate of drug-likeness (QED) is 0.875. The molecule has 1 amide bonds. The predicted octanol–water partition coefficient (Wildman–Crippen LogP) is 2.25. The van der Waals surface area contributed by atoms with Crippen molar-refractivity contribution in [2.24, 2.45) is 5.14 Å². The standard InChI is InChI=1S/C13H16BrFN2O3S/c1-17(8-4-2-3-5-8)13(18)9-6-12(21(16,19)20)10(14)7-11(9)15/h6-8H,2-5H2,1H3,(H2,16,19,20). The number of nitrogens with zero attached hydrogens (tertiary/aromatic N) is 1. The Labute approximate surface area is 131 Å². The molecule has 0 heterocycles. The van der Waals surface area contributed by atoms with Crippen LogP contribution in [0.25, 0.3) is 0 Å². The zero-order valence-electron chi connectivity index (χ0n) is 11.5. The van der Waals surface area contributed by atoms with Crippen molar-refractivity contribution < 1.29 is 17.6 Å². The molecule has 21 heavy (non-hydrogen) atoms. The largest absolute Gasteiger partial charge is 0.339 e. The van der Waals surface area contributed by atoms with Crippen LogP contribution in [-0.4, -0.2) is 32.3 Å². The Kier molecular flexibility index (Phi) is 4.69. The van der Waals surface area contributed by atoms with Gasteiger partial charge in [0.15, 0.2) is 0 Å². The van der Waals surface area contributed by atoms with Crippen LogP contribution in [0.5, 0.6) is 0 Å². The van der Waals surface area contributed by atoms with E-state index in [2.05, 4.69) is 15.9 Å². The third-order valence-electron chi connectivity index (χ3n) is 3.75. The van der Waals surface area contributed by atoms with Crippen molar-refractivity contribution in [1.82, 2.24) is 4.90 Å². The molecule has 0 spiro atoms. The Morgan fingerprint density at radius 2 is 1.95 bits per heavy atom. The van der Waals surface area contributed by atoms with Gasteiger partial charge < -0.3 is 4.90 Å². The summed E-state index contributed by atoms with van der Waals surface area (Å²) in [5, 5.41) is 5.07. The van der Waals surface area contributed by atoms with Gasteiger partial charge in [0.05, 0.1) is 10.5 Å². The van der Waals surface area contributed by atoms with Crippen molar-refractivity contribution in [2.75, 3.05) is 7.05 Å². The number of carbonyl (C=O) groups is 1. The smallest absolute Gasteiger partial charge is 0.256 e. The minimum Gasteiger partial charge on any atom is -0.339 e. The molecule has 5 nitrogen and oxygen atoms in total. The molecule has 1 aliphatic carbocycles. The lowest BCUT2D eigenvalue weighted by Crippen LogP contribution is -2.35. The second kappa shape index (κ2) is 6.02. The minimum absolute atomic E-state index is 0.00238. The number of carbonyl (C=O) groups excluding carboxylic acids is 1. The maximum absolute atomic E-state index is 14.0. The number of benzene rings is 1. The molecule has 0 aromatic heterocycles. The molecule has 0 radical (unpaired) electrons. The van der Waals surface area contributed by atoms with E-state index in [-0.39, 0.29) is 21.0 Å². The monoisotopic (exact) mass is 378 g/mol. The second-order valence-electron chi connectivity index (χ2n) is 5.16. The summed E-state index contributed by atoms with van der Waals surface area (Å²) in [6, 6.07) is 2.01. The molecule has 0 aliphatic heterocycles. The van der Waals surface area contributed by atoms with Crippen LogP contribution in [0, 0.1) is 5.82 Å². The average molecular weight is 379 g/mol. The van der Waals surface area contributed by atoms with Gasteiger partial charge in [-0.2, -0.15) is 0 Å². The van der Waals surface area contributed by atoms with Gasteiger partial charge in [-0.3, -0.25) is 4.79 Å². The first-order valence-corrected chi connectivity index (χ1v) is 8.84. The SMILES string of the molecule is CN(C(=O)c1cc(S(N)(=O)=O)c(Br)cc1F)C1CCCC1. The van der Waals surface area contributed by atoms with E-state index in [0.29, 0.717) is 0 Å². The maximum Gasteiger partial charge on any atom is 0.256 e. The highest BCUT2D eigenvalue weighted by Gasteiger charge is 2.27. The van der Waals surface area contributed by atoms with E-state index in [9.17, 15) is 17.6 Å². The van der Waals surface area contributed by atoms with Gasteiger partial charge in [0.2, 0.25) is 10.0 Å². The van der Waals surface area contributed by atoms with E-state index < -0.39 is 21.7 Å². The van der Waals surface area contributed by atoms with Crippen LogP contribution in [0.4, 0.5) is 4.39 Å². The first-order chi connectivity index (χ1) is 9.71. The summed E-state index contributed by atoms with van der Waals surface area (Å²) in [6.07, 6.45) is 3.83. The van der Waals surface area contributed by atoms with Crippen molar-refractivity contribution in [3.63, 3.8) is 0 Å². The molecule has 0 saturated heterocycles. The normalized spacial score (nSPS) is 16.2. The molecule has 1 fully saturated rings. The van der Waals surface area contributed by atoms with E-state index in [0.717, 1.165) is 37.8 Å². The summed E-state index contributed by atoms with van der Waals surface area (Å²) < 4.78 is 36.9. The molecule has 116 valence electrons. The lowest BCUT2D eigenvalue weighted by molar-refractivity contribution is 0.0730. The molecule has 2 N–H and O–H groups in total. The van der Waals surface area contributed by atoms with E-state index >= 15 is 0 Å². The highest BCUT2D eigenvalue weighted by Crippen LogP contribution is 2.28. The third kappa shape index (κ3) is 3.44. The van der Waals surface area contributed by atoms with Gasteiger partial charge in [-0.1, -0.05) is 12.8 Å². The van der Waals surface area contributed by atoms with Crippen LogP contribution >= 0.6 is 15.9 Å². The summed E-state index contributed by atoms with van der Waals surface area (Å²) in [4.78, 5) is 13.6. The minimum atomic E-state index is -4.04. The van der Waals surface area contributed by atoms with Crippen LogP contribution in [0.1, 0.15) is 36.0 Å². The van der Waals surface area contributed by atoms with E-state index in [1.807, 2.05) is 0 Å². The van der Waals surface area contributed by atoms with Gasteiger partial charge in [0, 0.05) is 17.6 Å². The third-order valence-corrected chi connectivity index (χ3v) is 5.62. The zero-order chi connectivity index (χ0) is 15.8. The number of nitrogens with two attached hydrogens (primary N) is 1. The highest BCUT2D eigenvalue weighted by molar-refractivity contribution is 9.10. The topological polar surface area (TPSA) is 80.5 Å². The number of halogens is 2. The Morgan fingerprint density at radius 3 is 2.48 bits per heavy atom. The zero-order valence-corrected chi connectivity index (χ0v) is 13.9. The molecular formula is C13H16BrFN2O3S. The van der Waals surface area contributed by atoms with Crippen molar-refractivity contribution in [3.05, 3.63) is 28.0 Å². The van der Waals surface area contributed by atoms with Gasteiger partial charge in [-0.15, -0.1) is 0 Å². The Hall–Kier alpha value is -0.990. The number of amides is 1. The molecule has 8 heteroatoms. The van der Waals surface area contributed by atoms with E-state index in [1.54, 1.807) is 7.05 Å². The first kappa shape index (κ1) is 16.4. The molecule has 2 rings (SSSR count). The van der Waals surface area contributed by atoms with Crippen LogP contribution in [0.3, 0.4) is 0 Å². The fourth-order valence-electron chi connectivity index (χ4n) is 2.56. The van der Waals surface area contributed by atoms with Gasteiger partial charge in [-0.25, -0.2) is 17.9 Å². The second-order valence-corrected chi connectivity index (χ2v) is 7.55. The summed E-state index contributed by atoms with van der Waals surface area (Å²) in [7, 11) is -2.43. The van der Waals surface area contributed by atoms with Gasteiger partial charge in [0.1, 0.15) is 5.82 Å². The van der Waals surface area contributed by atoms with E-state index in [4.69, 9.17) is 5.14 Å². The summed E-state index contributed by atoms with van der Waals surface area (Å²) >= 11 is 2.95. The van der Waals surface area contributed by atoms with Crippen molar-refractivity contribution in [3.8, 4) is 0 Å². The fraction of sp³-hybridized carbons (Fsp3) is 0.462. The highest BCUT2D eigenvalue weighted by atomic mass is 79.9. The lowest BCUT2D eigenvalue weighted by atomic mass is 10.1. The molecule has 1 saturated carbocycles.